The number of benzene rings is 1. The highest BCUT2D eigenvalue weighted by molar-refractivity contribution is 5.68. The molecule has 1 aliphatic rings. The van der Waals surface area contributed by atoms with Gasteiger partial charge in [-0.25, -0.2) is 9.18 Å². The van der Waals surface area contributed by atoms with Crippen molar-refractivity contribution in [3.63, 3.8) is 0 Å². The Labute approximate surface area is 120 Å². The molecule has 0 amide bonds. The molecule has 8 heteroatoms. The molecular weight excluding hydrogens is 283 g/mol. The number of hydrogen-bond acceptors (Lipinski definition) is 5. The molecule has 1 aliphatic heterocycles. The number of carbonyl (C=O) groups is 1. The molecule has 1 aromatic carbocycles. The standard InChI is InChI=1S/C13H15FN2O5/c14-9-5-10(7-11(6-9)16(19)20)15-3-1-12(2-4-15)21-8-13(17)18/h5-7,12H,1-4,8H2,(H,17,18). The van der Waals surface area contributed by atoms with E-state index >= 15 is 0 Å². The van der Waals surface area contributed by atoms with Gasteiger partial charge >= 0.3 is 5.97 Å². The van der Waals surface area contributed by atoms with Crippen molar-refractivity contribution in [2.45, 2.75) is 18.9 Å². The van der Waals surface area contributed by atoms with Gasteiger partial charge in [0, 0.05) is 24.8 Å². The van der Waals surface area contributed by atoms with Crippen LogP contribution in [0.1, 0.15) is 12.8 Å². The van der Waals surface area contributed by atoms with Crippen molar-refractivity contribution in [3.05, 3.63) is 34.1 Å². The molecule has 0 bridgehead atoms. The number of nitro groups is 1. The van der Waals surface area contributed by atoms with Gasteiger partial charge in [-0.2, -0.15) is 0 Å². The summed E-state index contributed by atoms with van der Waals surface area (Å²) in [5.41, 5.74) is 0.174. The molecule has 0 atom stereocenters. The third kappa shape index (κ3) is 4.12. The van der Waals surface area contributed by atoms with Crippen LogP contribution in [0.5, 0.6) is 0 Å². The predicted octanol–water partition coefficient (Wildman–Crippen LogP) is 1.80. The Morgan fingerprint density at radius 1 is 1.43 bits per heavy atom. The minimum atomic E-state index is -1.02. The van der Waals surface area contributed by atoms with E-state index in [1.165, 1.54) is 12.1 Å². The highest BCUT2D eigenvalue weighted by Gasteiger charge is 2.22. The molecule has 0 aliphatic carbocycles. The lowest BCUT2D eigenvalue weighted by Crippen LogP contribution is -2.37. The molecule has 0 radical (unpaired) electrons. The third-order valence-corrected chi connectivity index (χ3v) is 3.33. The summed E-state index contributed by atoms with van der Waals surface area (Å²) in [4.78, 5) is 22.4. The SMILES string of the molecule is O=C(O)COC1CCN(c2cc(F)cc([N+](=O)[O-])c2)CC1. The Morgan fingerprint density at radius 3 is 2.67 bits per heavy atom. The van der Waals surface area contributed by atoms with Crippen molar-refractivity contribution in [2.75, 3.05) is 24.6 Å². The maximum atomic E-state index is 13.4. The first kappa shape index (κ1) is 15.2. The summed E-state index contributed by atoms with van der Waals surface area (Å²) >= 11 is 0. The number of hydrogen-bond donors (Lipinski definition) is 1. The first-order valence-electron chi connectivity index (χ1n) is 6.49. The van der Waals surface area contributed by atoms with Gasteiger partial charge in [-0.05, 0) is 18.9 Å². The van der Waals surface area contributed by atoms with E-state index in [9.17, 15) is 19.3 Å². The van der Waals surface area contributed by atoms with Gasteiger partial charge in [-0.1, -0.05) is 0 Å². The highest BCUT2D eigenvalue weighted by atomic mass is 19.1. The Bertz CT molecular complexity index is 543. The number of aliphatic carboxylic acids is 1. The van der Waals surface area contributed by atoms with Gasteiger partial charge in [-0.3, -0.25) is 10.1 Å². The number of anilines is 1. The normalized spacial score (nSPS) is 16.0. The van der Waals surface area contributed by atoms with Crippen LogP contribution in [0, 0.1) is 15.9 Å². The van der Waals surface area contributed by atoms with Crippen LogP contribution in [0.3, 0.4) is 0 Å². The Morgan fingerprint density at radius 2 is 2.10 bits per heavy atom. The molecule has 1 N–H and O–H groups in total. The van der Waals surface area contributed by atoms with Gasteiger partial charge in [0.05, 0.1) is 17.1 Å². The summed E-state index contributed by atoms with van der Waals surface area (Å²) in [5.74, 6) is -1.67. The van der Waals surface area contributed by atoms with Crippen LogP contribution >= 0.6 is 0 Å². The van der Waals surface area contributed by atoms with Gasteiger partial charge in [0.25, 0.3) is 5.69 Å². The largest absolute Gasteiger partial charge is 0.480 e. The van der Waals surface area contributed by atoms with Gasteiger partial charge in [0.2, 0.25) is 0 Å². The molecule has 1 saturated heterocycles. The number of nitrogens with zero attached hydrogens (tertiary/aromatic N) is 2. The van der Waals surface area contributed by atoms with Crippen LogP contribution in [0.4, 0.5) is 15.8 Å². The summed E-state index contributed by atoms with van der Waals surface area (Å²) in [5, 5.41) is 19.3. The maximum absolute atomic E-state index is 13.4. The van der Waals surface area contributed by atoms with E-state index in [0.29, 0.717) is 31.6 Å². The van der Waals surface area contributed by atoms with Gasteiger partial charge in [0.15, 0.2) is 0 Å². The predicted molar refractivity (Wildman–Crippen MR) is 71.9 cm³/mol. The summed E-state index contributed by atoms with van der Waals surface area (Å²) in [6, 6.07) is 3.47. The first-order chi connectivity index (χ1) is 9.95. The van der Waals surface area contributed by atoms with E-state index in [-0.39, 0.29) is 18.4 Å². The molecule has 0 unspecified atom stereocenters. The monoisotopic (exact) mass is 298 g/mol. The molecule has 0 spiro atoms. The van der Waals surface area contributed by atoms with Gasteiger partial charge in [0.1, 0.15) is 12.4 Å². The van der Waals surface area contributed by atoms with Crippen molar-refractivity contribution in [2.24, 2.45) is 0 Å². The Balaban J connectivity index is 1.99. The molecule has 1 aromatic rings. The number of carboxylic acid groups (broad SMARTS) is 1. The smallest absolute Gasteiger partial charge is 0.329 e. The zero-order chi connectivity index (χ0) is 15.4. The van der Waals surface area contributed by atoms with Crippen LogP contribution < -0.4 is 4.90 Å². The number of carboxylic acids is 1. The van der Waals surface area contributed by atoms with Crippen LogP contribution in [-0.4, -0.2) is 41.8 Å². The van der Waals surface area contributed by atoms with Gasteiger partial charge < -0.3 is 14.7 Å². The number of non-ortho nitro benzene ring substituents is 1. The molecular formula is C13H15FN2O5. The lowest BCUT2D eigenvalue weighted by molar-refractivity contribution is -0.385. The minimum absolute atomic E-state index is 0.152. The van der Waals surface area contributed by atoms with E-state index in [1.54, 1.807) is 0 Å². The number of rotatable bonds is 5. The first-order valence-corrected chi connectivity index (χ1v) is 6.49. The second kappa shape index (κ2) is 6.49. The number of halogens is 1. The Kier molecular flexibility index (Phi) is 4.69. The molecule has 2 rings (SSSR count). The molecule has 7 nitrogen and oxygen atoms in total. The average Bonchev–Trinajstić information content (AvgIpc) is 2.45. The molecule has 0 saturated carbocycles. The number of piperidine rings is 1. The lowest BCUT2D eigenvalue weighted by Gasteiger charge is -2.33. The average molecular weight is 298 g/mol. The fourth-order valence-corrected chi connectivity index (χ4v) is 2.32. The van der Waals surface area contributed by atoms with Crippen molar-refractivity contribution < 1.29 is 24.0 Å². The molecule has 114 valence electrons. The van der Waals surface area contributed by atoms with Crippen molar-refractivity contribution in [1.29, 1.82) is 0 Å². The Hall–Kier alpha value is -2.22. The second-order valence-corrected chi connectivity index (χ2v) is 4.82. The van der Waals surface area contributed by atoms with Crippen molar-refractivity contribution >= 4 is 17.3 Å². The van der Waals surface area contributed by atoms with E-state index in [4.69, 9.17) is 9.84 Å². The second-order valence-electron chi connectivity index (χ2n) is 4.82. The van der Waals surface area contributed by atoms with Crippen molar-refractivity contribution in [3.8, 4) is 0 Å². The summed E-state index contributed by atoms with van der Waals surface area (Å²) < 4.78 is 18.6. The topological polar surface area (TPSA) is 92.9 Å². The van der Waals surface area contributed by atoms with Crippen LogP contribution in [0.2, 0.25) is 0 Å². The molecule has 1 heterocycles. The van der Waals surface area contributed by atoms with E-state index in [2.05, 4.69) is 0 Å². The fraction of sp³-hybridized carbons (Fsp3) is 0.462. The molecule has 0 aromatic heterocycles. The van der Waals surface area contributed by atoms with E-state index in [1.807, 2.05) is 4.90 Å². The number of nitro benzene ring substituents is 1. The van der Waals surface area contributed by atoms with Crippen molar-refractivity contribution in [1.82, 2.24) is 0 Å². The number of ether oxygens (including phenoxy) is 1. The zero-order valence-corrected chi connectivity index (χ0v) is 11.2. The highest BCUT2D eigenvalue weighted by Crippen LogP contribution is 2.26. The fourth-order valence-electron chi connectivity index (χ4n) is 2.32. The van der Waals surface area contributed by atoms with Crippen LogP contribution in [0.25, 0.3) is 0 Å². The van der Waals surface area contributed by atoms with E-state index < -0.39 is 16.7 Å². The maximum Gasteiger partial charge on any atom is 0.329 e. The quantitative estimate of drug-likeness (QED) is 0.658. The zero-order valence-electron chi connectivity index (χ0n) is 11.2. The summed E-state index contributed by atoms with van der Waals surface area (Å²) in [6.07, 6.45) is 1.04. The minimum Gasteiger partial charge on any atom is -0.480 e. The van der Waals surface area contributed by atoms with Crippen LogP contribution in [0.15, 0.2) is 18.2 Å². The summed E-state index contributed by atoms with van der Waals surface area (Å²) in [6.45, 7) is 0.728. The van der Waals surface area contributed by atoms with Crippen LogP contribution in [-0.2, 0) is 9.53 Å². The molecule has 21 heavy (non-hydrogen) atoms. The summed E-state index contributed by atoms with van der Waals surface area (Å²) in [7, 11) is 0. The van der Waals surface area contributed by atoms with E-state index in [0.717, 1.165) is 6.07 Å². The molecule has 1 fully saturated rings. The van der Waals surface area contributed by atoms with Gasteiger partial charge in [-0.15, -0.1) is 0 Å². The third-order valence-electron chi connectivity index (χ3n) is 3.33. The lowest BCUT2D eigenvalue weighted by atomic mass is 10.1.